The molecule has 0 bridgehead atoms. The Morgan fingerprint density at radius 3 is 2.00 bits per heavy atom. The zero-order chi connectivity index (χ0) is 12.9. The molecule has 1 nitrogen and oxygen atoms in total. The highest BCUT2D eigenvalue weighted by Gasteiger charge is 2.03. The van der Waals surface area contributed by atoms with Crippen LogP contribution in [0.15, 0.2) is 0 Å². The van der Waals surface area contributed by atoms with Gasteiger partial charge < -0.3 is 4.90 Å². The molecule has 0 heterocycles. The van der Waals surface area contributed by atoms with Crippen LogP contribution in [-0.2, 0) is 0 Å². The second-order valence-corrected chi connectivity index (χ2v) is 8.55. The van der Waals surface area contributed by atoms with Gasteiger partial charge in [-0.2, -0.15) is 47.9 Å². The van der Waals surface area contributed by atoms with Gasteiger partial charge in [-0.05, 0) is 26.3 Å². The minimum atomic E-state index is 0.514. The quantitative estimate of drug-likeness (QED) is 0.434. The summed E-state index contributed by atoms with van der Waals surface area (Å²) in [6, 6.07) is 0. The Hall–Kier alpha value is 1.36. The van der Waals surface area contributed by atoms with Crippen LogP contribution >= 0.6 is 47.9 Å². The molecule has 0 aromatic carbocycles. The van der Waals surface area contributed by atoms with Crippen molar-refractivity contribution in [3.05, 3.63) is 0 Å². The molecular weight excluding hydrogens is 286 g/mol. The van der Waals surface area contributed by atoms with Crippen molar-refractivity contribution in [1.29, 1.82) is 0 Å². The molecule has 0 amide bonds. The Labute approximate surface area is 126 Å². The maximum Gasteiger partial charge on any atom is 0.0235 e. The van der Waals surface area contributed by atoms with Gasteiger partial charge in [0.1, 0.15) is 0 Å². The molecule has 0 aliphatic rings. The maximum atomic E-state index is 4.58. The Morgan fingerprint density at radius 2 is 1.47 bits per heavy atom. The number of rotatable bonds is 12. The number of nitrogens with zero attached hydrogens (tertiary/aromatic N) is 1. The first-order chi connectivity index (χ1) is 8.16. The van der Waals surface area contributed by atoms with Crippen molar-refractivity contribution in [2.75, 3.05) is 55.2 Å². The van der Waals surface area contributed by atoms with Crippen LogP contribution in [0.2, 0.25) is 0 Å². The number of hydrogen-bond donors (Lipinski definition) is 1. The van der Waals surface area contributed by atoms with Gasteiger partial charge in [-0.15, -0.1) is 0 Å². The van der Waals surface area contributed by atoms with E-state index in [-0.39, 0.29) is 0 Å². The lowest BCUT2D eigenvalue weighted by molar-refractivity contribution is 0.415. The van der Waals surface area contributed by atoms with Crippen LogP contribution in [0.5, 0.6) is 0 Å². The third kappa shape index (κ3) is 15.3. The molecule has 0 spiro atoms. The fourth-order valence-electron chi connectivity index (χ4n) is 1.28. The van der Waals surface area contributed by atoms with E-state index in [1.807, 2.05) is 11.8 Å². The highest BCUT2D eigenvalue weighted by molar-refractivity contribution is 8.04. The van der Waals surface area contributed by atoms with Gasteiger partial charge in [0.2, 0.25) is 0 Å². The van der Waals surface area contributed by atoms with Gasteiger partial charge in [0, 0.05) is 40.6 Å². The normalized spacial score (nSPS) is 13.2. The molecule has 5 heteroatoms. The lowest BCUT2D eigenvalue weighted by Gasteiger charge is -2.15. The van der Waals surface area contributed by atoms with Gasteiger partial charge in [-0.3, -0.25) is 0 Å². The third-order valence-corrected chi connectivity index (χ3v) is 6.39. The fourth-order valence-corrected chi connectivity index (χ4v) is 5.05. The van der Waals surface area contributed by atoms with E-state index in [9.17, 15) is 0 Å². The molecule has 0 rings (SSSR count). The van der Waals surface area contributed by atoms with E-state index in [2.05, 4.69) is 62.1 Å². The molecule has 104 valence electrons. The molecule has 1 unspecified atom stereocenters. The first kappa shape index (κ1) is 18.4. The van der Waals surface area contributed by atoms with Gasteiger partial charge in [-0.25, -0.2) is 0 Å². The number of thioether (sulfide) groups is 3. The van der Waals surface area contributed by atoms with Gasteiger partial charge >= 0.3 is 0 Å². The summed E-state index contributed by atoms with van der Waals surface area (Å²) < 4.78 is 0. The largest absolute Gasteiger partial charge is 0.308 e. The van der Waals surface area contributed by atoms with Crippen LogP contribution in [-0.4, -0.2) is 65.3 Å². The van der Waals surface area contributed by atoms with Crippen molar-refractivity contribution in [3.63, 3.8) is 0 Å². The van der Waals surface area contributed by atoms with Gasteiger partial charge in [0.25, 0.3) is 0 Å². The molecular formula is C12H27NS4. The Bertz CT molecular complexity index is 155. The smallest absolute Gasteiger partial charge is 0.0235 e. The molecule has 0 aliphatic carbocycles. The second kappa shape index (κ2) is 13.8. The molecule has 1 atom stereocenters. The summed E-state index contributed by atoms with van der Waals surface area (Å²) in [7, 11) is 4.22. The minimum absolute atomic E-state index is 0.514. The summed E-state index contributed by atoms with van der Waals surface area (Å²) in [4.78, 5) is 2.21. The van der Waals surface area contributed by atoms with Crippen LogP contribution in [0.1, 0.15) is 13.3 Å². The summed E-state index contributed by atoms with van der Waals surface area (Å²) in [5.74, 6) is 7.69. The highest BCUT2D eigenvalue weighted by Crippen LogP contribution is 2.13. The van der Waals surface area contributed by atoms with Crippen molar-refractivity contribution in [2.24, 2.45) is 0 Å². The molecule has 0 fully saturated rings. The van der Waals surface area contributed by atoms with E-state index in [0.717, 1.165) is 6.54 Å². The van der Waals surface area contributed by atoms with Crippen LogP contribution in [0.3, 0.4) is 0 Å². The van der Waals surface area contributed by atoms with Crippen molar-refractivity contribution in [1.82, 2.24) is 4.90 Å². The summed E-state index contributed by atoms with van der Waals surface area (Å²) in [5.41, 5.74) is 0. The molecule has 17 heavy (non-hydrogen) atoms. The molecule has 0 saturated heterocycles. The van der Waals surface area contributed by atoms with Gasteiger partial charge in [-0.1, -0.05) is 6.92 Å². The Balaban J connectivity index is 3.07. The van der Waals surface area contributed by atoms with E-state index in [0.29, 0.717) is 5.25 Å². The highest BCUT2D eigenvalue weighted by atomic mass is 32.2. The predicted molar refractivity (Wildman–Crippen MR) is 93.6 cm³/mol. The minimum Gasteiger partial charge on any atom is -0.308 e. The zero-order valence-corrected chi connectivity index (χ0v) is 14.7. The van der Waals surface area contributed by atoms with Gasteiger partial charge in [0.05, 0.1) is 0 Å². The van der Waals surface area contributed by atoms with Crippen LogP contribution in [0.25, 0.3) is 0 Å². The Morgan fingerprint density at radius 1 is 0.941 bits per heavy atom. The number of hydrogen-bond acceptors (Lipinski definition) is 5. The van der Waals surface area contributed by atoms with E-state index in [1.54, 1.807) is 0 Å². The summed E-state index contributed by atoms with van der Waals surface area (Å²) >= 11 is 10.8. The SMILES string of the molecule is CCCSCCSCCSCC(S)CN(C)C. The lowest BCUT2D eigenvalue weighted by Crippen LogP contribution is -2.23. The van der Waals surface area contributed by atoms with E-state index in [4.69, 9.17) is 0 Å². The fraction of sp³-hybridized carbons (Fsp3) is 1.00. The average Bonchev–Trinajstić information content (AvgIpc) is 2.26. The topological polar surface area (TPSA) is 3.24 Å². The molecule has 0 radical (unpaired) electrons. The molecule has 0 N–H and O–H groups in total. The van der Waals surface area contributed by atoms with Gasteiger partial charge in [0.15, 0.2) is 0 Å². The maximum absolute atomic E-state index is 4.58. The standard InChI is InChI=1S/C12H27NS4/c1-4-5-15-6-7-16-8-9-17-11-12(14)10-13(2)3/h12,14H,4-11H2,1-3H3. The van der Waals surface area contributed by atoms with Crippen LogP contribution in [0, 0.1) is 0 Å². The Kier molecular flexibility index (Phi) is 14.9. The first-order valence-electron chi connectivity index (χ1n) is 6.22. The van der Waals surface area contributed by atoms with E-state index >= 15 is 0 Å². The van der Waals surface area contributed by atoms with Crippen LogP contribution in [0.4, 0.5) is 0 Å². The molecule has 0 saturated carbocycles. The van der Waals surface area contributed by atoms with Crippen molar-refractivity contribution in [3.8, 4) is 0 Å². The van der Waals surface area contributed by atoms with Crippen LogP contribution < -0.4 is 0 Å². The first-order valence-corrected chi connectivity index (χ1v) is 10.2. The predicted octanol–water partition coefficient (Wildman–Crippen LogP) is 3.46. The molecule has 0 aromatic rings. The summed E-state index contributed by atoms with van der Waals surface area (Å²) in [6.45, 7) is 3.33. The molecule has 0 aliphatic heterocycles. The van der Waals surface area contributed by atoms with E-state index < -0.39 is 0 Å². The van der Waals surface area contributed by atoms with Crippen molar-refractivity contribution in [2.45, 2.75) is 18.6 Å². The third-order valence-electron chi connectivity index (χ3n) is 1.98. The monoisotopic (exact) mass is 313 g/mol. The van der Waals surface area contributed by atoms with E-state index in [1.165, 1.54) is 40.9 Å². The summed E-state index contributed by atoms with van der Waals surface area (Å²) in [5, 5.41) is 0.514. The number of thiol groups is 1. The summed E-state index contributed by atoms with van der Waals surface area (Å²) in [6.07, 6.45) is 1.31. The second-order valence-electron chi connectivity index (χ2n) is 4.22. The lowest BCUT2D eigenvalue weighted by atomic mass is 10.4. The molecule has 0 aromatic heterocycles. The zero-order valence-electron chi connectivity index (χ0n) is 11.4. The van der Waals surface area contributed by atoms with Crippen molar-refractivity contribution >= 4 is 47.9 Å². The van der Waals surface area contributed by atoms with Crippen molar-refractivity contribution < 1.29 is 0 Å². The average molecular weight is 314 g/mol.